The van der Waals surface area contributed by atoms with Gasteiger partial charge in [0.15, 0.2) is 0 Å². The smallest absolute Gasteiger partial charge is 0.293 e. The van der Waals surface area contributed by atoms with Crippen LogP contribution in [0.15, 0.2) is 15.9 Å². The predicted molar refractivity (Wildman–Crippen MR) is 73.6 cm³/mol. The van der Waals surface area contributed by atoms with Crippen LogP contribution in [0.25, 0.3) is 0 Å². The van der Waals surface area contributed by atoms with Gasteiger partial charge in [0.25, 0.3) is 5.91 Å². The highest BCUT2D eigenvalue weighted by Crippen LogP contribution is 2.23. The SMILES string of the molecule is CCN(Cc1ccc(Br)s1)C(=O)c1n[nH]c(C)n1. The summed E-state index contributed by atoms with van der Waals surface area (Å²) < 4.78 is 1.06. The summed E-state index contributed by atoms with van der Waals surface area (Å²) in [7, 11) is 0. The molecule has 2 heterocycles. The fourth-order valence-electron chi connectivity index (χ4n) is 1.53. The van der Waals surface area contributed by atoms with Gasteiger partial charge < -0.3 is 4.90 Å². The molecular formula is C11H13BrN4OS. The van der Waals surface area contributed by atoms with Gasteiger partial charge in [-0.2, -0.15) is 0 Å². The van der Waals surface area contributed by atoms with Crippen molar-refractivity contribution in [2.24, 2.45) is 0 Å². The van der Waals surface area contributed by atoms with Crippen molar-refractivity contribution in [1.29, 1.82) is 0 Å². The zero-order valence-corrected chi connectivity index (χ0v) is 12.5. The monoisotopic (exact) mass is 328 g/mol. The second-order valence-electron chi connectivity index (χ2n) is 3.77. The highest BCUT2D eigenvalue weighted by Gasteiger charge is 2.19. The van der Waals surface area contributed by atoms with E-state index in [1.165, 1.54) is 0 Å². The normalized spacial score (nSPS) is 10.6. The fraction of sp³-hybridized carbons (Fsp3) is 0.364. The van der Waals surface area contributed by atoms with Gasteiger partial charge in [0.2, 0.25) is 5.82 Å². The van der Waals surface area contributed by atoms with Gasteiger partial charge in [0.1, 0.15) is 5.82 Å². The summed E-state index contributed by atoms with van der Waals surface area (Å²) in [4.78, 5) is 19.1. The molecule has 0 saturated heterocycles. The van der Waals surface area contributed by atoms with Crippen LogP contribution in [0.4, 0.5) is 0 Å². The number of aromatic nitrogens is 3. The van der Waals surface area contributed by atoms with Crippen molar-refractivity contribution in [2.45, 2.75) is 20.4 Å². The largest absolute Gasteiger partial charge is 0.331 e. The van der Waals surface area contributed by atoms with Gasteiger partial charge >= 0.3 is 0 Å². The average Bonchev–Trinajstić information content (AvgIpc) is 2.94. The average molecular weight is 329 g/mol. The third-order valence-corrected chi connectivity index (χ3v) is 4.04. The fourth-order valence-corrected chi connectivity index (χ4v) is 3.03. The summed E-state index contributed by atoms with van der Waals surface area (Å²) in [5, 5.41) is 6.58. The molecule has 0 aromatic carbocycles. The number of aromatic amines is 1. The Morgan fingerprint density at radius 1 is 1.56 bits per heavy atom. The summed E-state index contributed by atoms with van der Waals surface area (Å²) in [5.41, 5.74) is 0. The van der Waals surface area contributed by atoms with Crippen molar-refractivity contribution in [3.8, 4) is 0 Å². The van der Waals surface area contributed by atoms with E-state index in [1.54, 1.807) is 23.2 Å². The first kappa shape index (κ1) is 13.2. The number of halogens is 1. The topological polar surface area (TPSA) is 61.9 Å². The maximum Gasteiger partial charge on any atom is 0.293 e. The van der Waals surface area contributed by atoms with Crippen LogP contribution in [0.1, 0.15) is 28.2 Å². The summed E-state index contributed by atoms with van der Waals surface area (Å²) >= 11 is 5.04. The zero-order valence-electron chi connectivity index (χ0n) is 10.1. The van der Waals surface area contributed by atoms with Gasteiger partial charge in [-0.1, -0.05) is 0 Å². The molecule has 18 heavy (non-hydrogen) atoms. The number of carbonyl (C=O) groups excluding carboxylic acids is 1. The molecule has 1 N–H and O–H groups in total. The van der Waals surface area contributed by atoms with E-state index in [2.05, 4.69) is 31.1 Å². The Morgan fingerprint density at radius 3 is 2.83 bits per heavy atom. The Kier molecular flexibility index (Phi) is 4.13. The van der Waals surface area contributed by atoms with Crippen LogP contribution in [0.5, 0.6) is 0 Å². The van der Waals surface area contributed by atoms with Crippen LogP contribution in [-0.4, -0.2) is 32.5 Å². The maximum absolute atomic E-state index is 12.2. The molecule has 0 saturated carbocycles. The third-order valence-electron chi connectivity index (χ3n) is 2.43. The van der Waals surface area contributed by atoms with Crippen molar-refractivity contribution in [1.82, 2.24) is 20.1 Å². The number of H-pyrrole nitrogens is 1. The lowest BCUT2D eigenvalue weighted by atomic mass is 10.4. The Bertz CT molecular complexity index is 551. The molecule has 0 spiro atoms. The first-order valence-corrected chi connectivity index (χ1v) is 7.13. The van der Waals surface area contributed by atoms with E-state index in [0.29, 0.717) is 18.9 Å². The van der Waals surface area contributed by atoms with E-state index in [-0.39, 0.29) is 11.7 Å². The van der Waals surface area contributed by atoms with Crippen LogP contribution in [0, 0.1) is 6.92 Å². The van der Waals surface area contributed by atoms with E-state index < -0.39 is 0 Å². The number of carbonyl (C=O) groups is 1. The van der Waals surface area contributed by atoms with Crippen molar-refractivity contribution in [3.63, 3.8) is 0 Å². The molecule has 0 atom stereocenters. The molecule has 5 nitrogen and oxygen atoms in total. The Balaban J connectivity index is 2.11. The van der Waals surface area contributed by atoms with Crippen LogP contribution in [0.2, 0.25) is 0 Å². The molecule has 0 radical (unpaired) electrons. The number of rotatable bonds is 4. The summed E-state index contributed by atoms with van der Waals surface area (Å²) in [6.45, 7) is 4.93. The number of nitrogens with zero attached hydrogens (tertiary/aromatic N) is 3. The van der Waals surface area contributed by atoms with E-state index in [9.17, 15) is 4.79 Å². The van der Waals surface area contributed by atoms with Crippen LogP contribution in [-0.2, 0) is 6.54 Å². The molecule has 96 valence electrons. The molecule has 0 aliphatic rings. The first-order chi connectivity index (χ1) is 8.60. The van der Waals surface area contributed by atoms with E-state index in [0.717, 1.165) is 8.66 Å². The lowest BCUT2D eigenvalue weighted by Crippen LogP contribution is -2.30. The lowest BCUT2D eigenvalue weighted by Gasteiger charge is -2.18. The third kappa shape index (κ3) is 2.97. The minimum Gasteiger partial charge on any atom is -0.331 e. The van der Waals surface area contributed by atoms with Gasteiger partial charge in [-0.15, -0.1) is 16.4 Å². The number of nitrogens with one attached hydrogen (secondary N) is 1. The molecule has 2 aromatic heterocycles. The van der Waals surface area contributed by atoms with E-state index in [1.807, 2.05) is 19.1 Å². The highest BCUT2D eigenvalue weighted by molar-refractivity contribution is 9.11. The number of hydrogen-bond acceptors (Lipinski definition) is 4. The molecule has 0 fully saturated rings. The molecule has 0 aliphatic carbocycles. The summed E-state index contributed by atoms with van der Waals surface area (Å²) in [6.07, 6.45) is 0. The van der Waals surface area contributed by atoms with Crippen LogP contribution < -0.4 is 0 Å². The predicted octanol–water partition coefficient (Wildman–Crippen LogP) is 2.60. The molecule has 1 amide bonds. The van der Waals surface area contributed by atoms with Crippen molar-refractivity contribution < 1.29 is 4.79 Å². The second-order valence-corrected chi connectivity index (χ2v) is 6.32. The Labute approximate surface area is 117 Å². The molecule has 2 rings (SSSR count). The van der Waals surface area contributed by atoms with Crippen LogP contribution in [0.3, 0.4) is 0 Å². The lowest BCUT2D eigenvalue weighted by molar-refractivity contribution is 0.0742. The van der Waals surface area contributed by atoms with E-state index >= 15 is 0 Å². The van der Waals surface area contributed by atoms with Gasteiger partial charge in [-0.25, -0.2) is 4.98 Å². The molecule has 7 heteroatoms. The molecule has 0 bridgehead atoms. The van der Waals surface area contributed by atoms with Gasteiger partial charge in [0.05, 0.1) is 10.3 Å². The van der Waals surface area contributed by atoms with E-state index in [4.69, 9.17) is 0 Å². The first-order valence-electron chi connectivity index (χ1n) is 5.52. The number of amides is 1. The number of thiophene rings is 1. The zero-order chi connectivity index (χ0) is 13.1. The van der Waals surface area contributed by atoms with Gasteiger partial charge in [-0.05, 0) is 41.9 Å². The molecular weight excluding hydrogens is 316 g/mol. The Hall–Kier alpha value is -1.21. The standard InChI is InChI=1S/C11H13BrN4OS/c1-3-16(6-8-4-5-9(12)18-8)11(17)10-13-7(2)14-15-10/h4-5H,3,6H2,1-2H3,(H,13,14,15). The maximum atomic E-state index is 12.2. The number of aryl methyl sites for hydroxylation is 1. The minimum absolute atomic E-state index is 0.147. The van der Waals surface area contributed by atoms with Gasteiger partial charge in [-0.3, -0.25) is 9.89 Å². The summed E-state index contributed by atoms with van der Waals surface area (Å²) in [6, 6.07) is 3.99. The summed E-state index contributed by atoms with van der Waals surface area (Å²) in [5.74, 6) is 0.726. The van der Waals surface area contributed by atoms with Crippen LogP contribution >= 0.6 is 27.3 Å². The van der Waals surface area contributed by atoms with Gasteiger partial charge in [0, 0.05) is 11.4 Å². The quantitative estimate of drug-likeness (QED) is 0.938. The van der Waals surface area contributed by atoms with Crippen molar-refractivity contribution >= 4 is 33.2 Å². The molecule has 0 unspecified atom stereocenters. The second kappa shape index (κ2) is 5.62. The minimum atomic E-state index is -0.147. The molecule has 0 aliphatic heterocycles. The Morgan fingerprint density at radius 2 is 2.33 bits per heavy atom. The number of hydrogen-bond donors (Lipinski definition) is 1. The van der Waals surface area contributed by atoms with Crippen molar-refractivity contribution in [2.75, 3.05) is 6.54 Å². The van der Waals surface area contributed by atoms with Crippen molar-refractivity contribution in [3.05, 3.63) is 32.4 Å². The molecule has 2 aromatic rings. The highest BCUT2D eigenvalue weighted by atomic mass is 79.9.